The van der Waals surface area contributed by atoms with E-state index in [0.29, 0.717) is 4.88 Å². The number of methoxy groups -OCH3 is 1. The molecule has 2 rings (SSSR count). The number of ether oxygens (including phenoxy) is 1. The highest BCUT2D eigenvalue weighted by Crippen LogP contribution is 2.38. The lowest BCUT2D eigenvalue weighted by atomic mass is 10.0. The number of hydrogen-bond acceptors (Lipinski definition) is 5. The lowest BCUT2D eigenvalue weighted by Crippen LogP contribution is -2.47. The number of aryl methyl sites for hydroxylation is 1. The molecule has 1 N–H and O–H groups in total. The molecule has 1 aliphatic rings. The molecule has 118 valence electrons. The van der Waals surface area contributed by atoms with Crippen LogP contribution in [0, 0.1) is 6.92 Å². The Balaban J connectivity index is 2.07. The normalized spacial score (nSPS) is 23.5. The van der Waals surface area contributed by atoms with E-state index in [2.05, 4.69) is 4.74 Å². The number of β-amino-alcohol motifs (C(OH)–C–C–N with tert-alkyl or cyclic N) is 1. The molecule has 1 aliphatic heterocycles. The maximum absolute atomic E-state index is 12.8. The van der Waals surface area contributed by atoms with E-state index in [1.807, 2.05) is 0 Å². The first-order valence-electron chi connectivity index (χ1n) is 6.35. The second kappa shape index (κ2) is 5.58. The van der Waals surface area contributed by atoms with Gasteiger partial charge in [-0.25, -0.2) is 4.79 Å². The summed E-state index contributed by atoms with van der Waals surface area (Å²) < 4.78 is 42.9. The molecule has 1 unspecified atom stereocenters. The summed E-state index contributed by atoms with van der Waals surface area (Å²) in [6.45, 7) is 1.80. The number of thiophene rings is 1. The minimum absolute atomic E-state index is 0.166. The van der Waals surface area contributed by atoms with E-state index in [-0.39, 0.29) is 19.5 Å². The monoisotopic (exact) mass is 323 g/mol. The lowest BCUT2D eigenvalue weighted by molar-refractivity contribution is -0.254. The molecule has 2 heterocycles. The number of aliphatic hydroxyl groups is 1. The number of carbonyl (C=O) groups is 1. The van der Waals surface area contributed by atoms with E-state index in [1.165, 1.54) is 18.4 Å². The first-order chi connectivity index (χ1) is 9.66. The molecule has 1 saturated heterocycles. The van der Waals surface area contributed by atoms with Gasteiger partial charge in [0.15, 0.2) is 5.60 Å². The average Bonchev–Trinajstić information content (AvgIpc) is 2.94. The summed E-state index contributed by atoms with van der Waals surface area (Å²) >= 11 is 1.25. The third kappa shape index (κ3) is 3.22. The number of halogens is 3. The Kier molecular flexibility index (Phi) is 4.32. The minimum Gasteiger partial charge on any atom is -0.465 e. The first-order valence-corrected chi connectivity index (χ1v) is 7.17. The van der Waals surface area contributed by atoms with Crippen molar-refractivity contribution in [3.05, 3.63) is 21.4 Å². The van der Waals surface area contributed by atoms with Gasteiger partial charge < -0.3 is 9.84 Å². The maximum atomic E-state index is 12.8. The van der Waals surface area contributed by atoms with Crippen LogP contribution in [0.5, 0.6) is 0 Å². The van der Waals surface area contributed by atoms with Crippen molar-refractivity contribution >= 4 is 17.3 Å². The second-order valence-electron chi connectivity index (χ2n) is 5.17. The zero-order valence-corrected chi connectivity index (χ0v) is 12.5. The van der Waals surface area contributed by atoms with Crippen LogP contribution in [-0.4, -0.2) is 48.0 Å². The molecular weight excluding hydrogens is 307 g/mol. The molecule has 0 saturated carbocycles. The van der Waals surface area contributed by atoms with Gasteiger partial charge in [0.1, 0.15) is 4.88 Å². The highest BCUT2D eigenvalue weighted by Gasteiger charge is 2.56. The Morgan fingerprint density at radius 1 is 1.57 bits per heavy atom. The van der Waals surface area contributed by atoms with E-state index in [9.17, 15) is 23.1 Å². The number of rotatable bonds is 3. The number of esters is 1. The van der Waals surface area contributed by atoms with Crippen molar-refractivity contribution in [2.24, 2.45) is 0 Å². The fourth-order valence-corrected chi connectivity index (χ4v) is 3.31. The number of alkyl halides is 3. The molecule has 0 aromatic carbocycles. The van der Waals surface area contributed by atoms with Crippen LogP contribution in [0.4, 0.5) is 13.2 Å². The van der Waals surface area contributed by atoms with Gasteiger partial charge in [0.05, 0.1) is 7.11 Å². The average molecular weight is 323 g/mol. The molecule has 1 fully saturated rings. The van der Waals surface area contributed by atoms with Crippen molar-refractivity contribution in [1.82, 2.24) is 4.90 Å². The zero-order valence-electron chi connectivity index (χ0n) is 11.7. The van der Waals surface area contributed by atoms with Crippen LogP contribution in [0.3, 0.4) is 0 Å². The molecule has 4 nitrogen and oxygen atoms in total. The number of nitrogens with zero attached hydrogens (tertiary/aromatic N) is 1. The molecule has 0 spiro atoms. The van der Waals surface area contributed by atoms with Crippen molar-refractivity contribution in [3.63, 3.8) is 0 Å². The highest BCUT2D eigenvalue weighted by atomic mass is 32.1. The summed E-state index contributed by atoms with van der Waals surface area (Å²) in [4.78, 5) is 14.3. The predicted octanol–water partition coefficient (Wildman–Crippen LogP) is 2.34. The molecule has 21 heavy (non-hydrogen) atoms. The Bertz CT molecular complexity index is 543. The molecule has 1 aromatic heterocycles. The van der Waals surface area contributed by atoms with Crippen molar-refractivity contribution < 1.29 is 27.8 Å². The summed E-state index contributed by atoms with van der Waals surface area (Å²) in [5.41, 5.74) is -1.85. The van der Waals surface area contributed by atoms with Crippen LogP contribution < -0.4 is 0 Å². The van der Waals surface area contributed by atoms with Crippen molar-refractivity contribution in [2.75, 3.05) is 20.2 Å². The molecule has 0 radical (unpaired) electrons. The van der Waals surface area contributed by atoms with Gasteiger partial charge in [-0.2, -0.15) is 13.2 Å². The zero-order chi connectivity index (χ0) is 15.8. The number of hydrogen-bond donors (Lipinski definition) is 1. The fourth-order valence-electron chi connectivity index (χ4n) is 2.36. The second-order valence-corrected chi connectivity index (χ2v) is 6.43. The van der Waals surface area contributed by atoms with E-state index in [1.54, 1.807) is 17.9 Å². The van der Waals surface area contributed by atoms with Crippen LogP contribution >= 0.6 is 11.3 Å². The predicted molar refractivity (Wildman–Crippen MR) is 71.3 cm³/mol. The van der Waals surface area contributed by atoms with Crippen LogP contribution in [0.25, 0.3) is 0 Å². The van der Waals surface area contributed by atoms with Gasteiger partial charge in [-0.3, -0.25) is 4.90 Å². The van der Waals surface area contributed by atoms with E-state index < -0.39 is 24.3 Å². The van der Waals surface area contributed by atoms with Crippen LogP contribution in [0.2, 0.25) is 0 Å². The summed E-state index contributed by atoms with van der Waals surface area (Å²) in [6.07, 6.45) is -4.95. The molecule has 1 aromatic rings. The van der Waals surface area contributed by atoms with Crippen LogP contribution in [-0.2, 0) is 11.3 Å². The smallest absolute Gasteiger partial charge is 0.418 e. The van der Waals surface area contributed by atoms with Gasteiger partial charge in [-0.1, -0.05) is 0 Å². The molecular formula is C13H16F3NO3S. The van der Waals surface area contributed by atoms with Crippen molar-refractivity contribution in [2.45, 2.75) is 31.7 Å². The van der Waals surface area contributed by atoms with E-state index >= 15 is 0 Å². The van der Waals surface area contributed by atoms with Gasteiger partial charge in [0.25, 0.3) is 0 Å². The number of carbonyl (C=O) groups excluding carboxylic acids is 1. The van der Waals surface area contributed by atoms with E-state index in [4.69, 9.17) is 0 Å². The quantitative estimate of drug-likeness (QED) is 0.868. The lowest BCUT2D eigenvalue weighted by Gasteiger charge is -2.26. The fraction of sp³-hybridized carbons (Fsp3) is 0.615. The molecule has 0 bridgehead atoms. The Morgan fingerprint density at radius 2 is 2.24 bits per heavy atom. The molecule has 1 atom stereocenters. The van der Waals surface area contributed by atoms with Gasteiger partial charge >= 0.3 is 12.1 Å². The summed E-state index contributed by atoms with van der Waals surface area (Å²) in [5, 5.41) is 9.64. The van der Waals surface area contributed by atoms with Crippen LogP contribution in [0.1, 0.15) is 26.5 Å². The standard InChI is InChI=1S/C13H16F3NO3S/c1-8-9(5-10(21-8)11(18)20-2)6-17-4-3-12(19,7-17)13(14,15)16/h5,19H,3-4,6-7H2,1-2H3. The Labute approximate surface area is 124 Å². The van der Waals surface area contributed by atoms with Crippen molar-refractivity contribution in [1.29, 1.82) is 0 Å². The summed E-state index contributed by atoms with van der Waals surface area (Å²) in [7, 11) is 1.28. The summed E-state index contributed by atoms with van der Waals surface area (Å²) in [5.74, 6) is -0.456. The third-order valence-electron chi connectivity index (χ3n) is 3.66. The number of likely N-dealkylation sites (tertiary alicyclic amines) is 1. The van der Waals surface area contributed by atoms with Crippen LogP contribution in [0.15, 0.2) is 6.07 Å². The topological polar surface area (TPSA) is 49.8 Å². The largest absolute Gasteiger partial charge is 0.465 e. The van der Waals surface area contributed by atoms with Gasteiger partial charge in [0.2, 0.25) is 0 Å². The Morgan fingerprint density at radius 3 is 2.76 bits per heavy atom. The van der Waals surface area contributed by atoms with E-state index in [0.717, 1.165) is 10.4 Å². The molecule has 8 heteroatoms. The maximum Gasteiger partial charge on any atom is 0.418 e. The molecule has 0 aliphatic carbocycles. The van der Waals surface area contributed by atoms with Gasteiger partial charge in [-0.15, -0.1) is 11.3 Å². The third-order valence-corrected chi connectivity index (χ3v) is 4.73. The first kappa shape index (κ1) is 16.3. The minimum atomic E-state index is -4.62. The van der Waals surface area contributed by atoms with Crippen molar-refractivity contribution in [3.8, 4) is 0 Å². The Hall–Kier alpha value is -1.12. The SMILES string of the molecule is COC(=O)c1cc(CN2CCC(O)(C(F)(F)F)C2)c(C)s1. The summed E-state index contributed by atoms with van der Waals surface area (Å²) in [6, 6.07) is 1.64. The molecule has 0 amide bonds. The van der Waals surface area contributed by atoms with Gasteiger partial charge in [-0.05, 0) is 25.0 Å². The van der Waals surface area contributed by atoms with Gasteiger partial charge in [0, 0.05) is 24.5 Å². The highest BCUT2D eigenvalue weighted by molar-refractivity contribution is 7.14.